The first-order chi connectivity index (χ1) is 17.6. The van der Waals surface area contributed by atoms with Crippen molar-refractivity contribution in [3.05, 3.63) is 78.4 Å². The first kappa shape index (κ1) is 24.8. The highest BCUT2D eigenvalue weighted by Crippen LogP contribution is 2.34. The third-order valence-corrected chi connectivity index (χ3v) is 6.08. The Labute approximate surface area is 213 Å². The zero-order valence-corrected chi connectivity index (χ0v) is 20.9. The zero-order valence-electron chi connectivity index (χ0n) is 20.0. The van der Waals surface area contributed by atoms with Gasteiger partial charge in [0.15, 0.2) is 22.5 Å². The predicted molar refractivity (Wildman–Crippen MR) is 139 cm³/mol. The van der Waals surface area contributed by atoms with Crippen LogP contribution in [0.2, 0.25) is 0 Å². The molecule has 1 N–H and O–H groups in total. The number of carbonyl (C=O) groups is 1. The van der Waals surface area contributed by atoms with Crippen LogP contribution in [0.4, 0.5) is 0 Å². The van der Waals surface area contributed by atoms with Crippen molar-refractivity contribution in [2.75, 3.05) is 27.1 Å². The molecule has 0 aliphatic rings. The molecular formula is C26H25N5O4S. The van der Waals surface area contributed by atoms with Gasteiger partial charge in [-0.1, -0.05) is 42.1 Å². The third-order valence-electron chi connectivity index (χ3n) is 5.15. The number of aromatic nitrogens is 3. The number of carbonyl (C=O) groups excluding carboxylic acids is 1. The van der Waals surface area contributed by atoms with E-state index < -0.39 is 0 Å². The number of hydrogen-bond acceptors (Lipinski definition) is 8. The normalized spacial score (nSPS) is 10.9. The van der Waals surface area contributed by atoms with Crippen LogP contribution in [0.15, 0.2) is 83.1 Å². The first-order valence-electron chi connectivity index (χ1n) is 11.0. The quantitative estimate of drug-likeness (QED) is 0.197. The Kier molecular flexibility index (Phi) is 8.20. The minimum absolute atomic E-state index is 0.0974. The van der Waals surface area contributed by atoms with Crippen LogP contribution in [-0.2, 0) is 4.79 Å². The Morgan fingerprint density at radius 2 is 1.64 bits per heavy atom. The molecule has 0 unspecified atom stereocenters. The fraction of sp³-hybridized carbons (Fsp3) is 0.154. The van der Waals surface area contributed by atoms with E-state index in [-0.39, 0.29) is 11.7 Å². The fourth-order valence-electron chi connectivity index (χ4n) is 3.44. The Hall–Kier alpha value is -4.31. The van der Waals surface area contributed by atoms with Crippen molar-refractivity contribution in [2.24, 2.45) is 5.10 Å². The summed E-state index contributed by atoms with van der Waals surface area (Å²) in [5.41, 5.74) is 4.96. The number of nitrogens with zero attached hydrogens (tertiary/aromatic N) is 4. The molecule has 0 radical (unpaired) electrons. The zero-order chi connectivity index (χ0) is 25.3. The SMILES string of the molecule is COc1ccccc1/C=N\NC(=O)CSc1nnc(-c2ccc(OC)c(OC)c2)n1-c1ccccc1. The highest BCUT2D eigenvalue weighted by atomic mass is 32.2. The number of methoxy groups -OCH3 is 3. The first-order valence-corrected chi connectivity index (χ1v) is 11.9. The van der Waals surface area contributed by atoms with Crippen LogP contribution in [0.1, 0.15) is 5.56 Å². The molecule has 1 heterocycles. The minimum Gasteiger partial charge on any atom is -0.496 e. The van der Waals surface area contributed by atoms with E-state index in [1.165, 1.54) is 11.8 Å². The fourth-order valence-corrected chi connectivity index (χ4v) is 4.19. The monoisotopic (exact) mass is 503 g/mol. The van der Waals surface area contributed by atoms with Crippen LogP contribution in [0.5, 0.6) is 17.2 Å². The molecule has 3 aromatic carbocycles. The Morgan fingerprint density at radius 3 is 2.39 bits per heavy atom. The maximum atomic E-state index is 12.5. The van der Waals surface area contributed by atoms with Gasteiger partial charge < -0.3 is 14.2 Å². The van der Waals surface area contributed by atoms with E-state index >= 15 is 0 Å². The number of hydrogen-bond donors (Lipinski definition) is 1. The standard InChI is InChI=1S/C26H25N5O4S/c1-33-21-12-8-7-9-19(21)16-27-28-24(32)17-36-26-30-29-25(31(26)20-10-5-4-6-11-20)18-13-14-22(34-2)23(15-18)35-3/h4-16H,17H2,1-3H3,(H,28,32)/b27-16-. The van der Waals surface area contributed by atoms with E-state index in [1.807, 2.05) is 77.4 Å². The number of thioether (sulfide) groups is 1. The van der Waals surface area contributed by atoms with E-state index in [0.717, 1.165) is 16.8 Å². The van der Waals surface area contributed by atoms with Crippen LogP contribution in [0.25, 0.3) is 17.1 Å². The Morgan fingerprint density at radius 1 is 0.917 bits per heavy atom. The number of rotatable bonds is 10. The van der Waals surface area contributed by atoms with Gasteiger partial charge in [0.1, 0.15) is 5.75 Å². The third kappa shape index (κ3) is 5.66. The van der Waals surface area contributed by atoms with Crippen LogP contribution in [-0.4, -0.2) is 54.0 Å². The van der Waals surface area contributed by atoms with Gasteiger partial charge in [0.05, 0.1) is 33.3 Å². The molecule has 4 rings (SSSR count). The molecule has 0 saturated carbocycles. The minimum atomic E-state index is -0.276. The predicted octanol–water partition coefficient (Wildman–Crippen LogP) is 4.20. The summed E-state index contributed by atoms with van der Waals surface area (Å²) in [6.45, 7) is 0. The lowest BCUT2D eigenvalue weighted by Gasteiger charge is -2.12. The molecule has 1 aromatic heterocycles. The molecule has 0 aliphatic carbocycles. The van der Waals surface area contributed by atoms with E-state index in [9.17, 15) is 4.79 Å². The lowest BCUT2D eigenvalue weighted by molar-refractivity contribution is -0.118. The molecule has 184 valence electrons. The van der Waals surface area contributed by atoms with Crippen molar-refractivity contribution in [1.82, 2.24) is 20.2 Å². The average molecular weight is 504 g/mol. The molecule has 10 heteroatoms. The van der Waals surface area contributed by atoms with Gasteiger partial charge in [-0.05, 0) is 42.5 Å². The van der Waals surface area contributed by atoms with Crippen LogP contribution in [0, 0.1) is 0 Å². The van der Waals surface area contributed by atoms with Crippen molar-refractivity contribution in [3.63, 3.8) is 0 Å². The number of hydrazone groups is 1. The van der Waals surface area contributed by atoms with Crippen LogP contribution >= 0.6 is 11.8 Å². The second kappa shape index (κ2) is 11.9. The van der Waals surface area contributed by atoms with Gasteiger partial charge in [-0.2, -0.15) is 5.10 Å². The molecule has 4 aromatic rings. The van der Waals surface area contributed by atoms with Crippen molar-refractivity contribution >= 4 is 23.9 Å². The van der Waals surface area contributed by atoms with Crippen molar-refractivity contribution in [3.8, 4) is 34.3 Å². The van der Waals surface area contributed by atoms with Gasteiger partial charge in [0.2, 0.25) is 0 Å². The molecule has 36 heavy (non-hydrogen) atoms. The molecular weight excluding hydrogens is 478 g/mol. The lowest BCUT2D eigenvalue weighted by Crippen LogP contribution is -2.20. The van der Waals surface area contributed by atoms with Crippen molar-refractivity contribution in [2.45, 2.75) is 5.16 Å². The van der Waals surface area contributed by atoms with Gasteiger partial charge in [-0.15, -0.1) is 10.2 Å². The topological polar surface area (TPSA) is 99.9 Å². The maximum absolute atomic E-state index is 12.5. The summed E-state index contributed by atoms with van der Waals surface area (Å²) in [7, 11) is 4.76. The maximum Gasteiger partial charge on any atom is 0.250 e. The van der Waals surface area contributed by atoms with Gasteiger partial charge in [0.25, 0.3) is 5.91 Å². The van der Waals surface area contributed by atoms with Gasteiger partial charge >= 0.3 is 0 Å². The molecule has 9 nitrogen and oxygen atoms in total. The van der Waals surface area contributed by atoms with Crippen LogP contribution < -0.4 is 19.6 Å². The van der Waals surface area contributed by atoms with Crippen LogP contribution in [0.3, 0.4) is 0 Å². The molecule has 0 aliphatic heterocycles. The highest BCUT2D eigenvalue weighted by molar-refractivity contribution is 7.99. The Bertz CT molecular complexity index is 1360. The molecule has 0 spiro atoms. The van der Waals surface area contributed by atoms with Crippen molar-refractivity contribution in [1.29, 1.82) is 0 Å². The van der Waals surface area contributed by atoms with Gasteiger partial charge in [0, 0.05) is 16.8 Å². The van der Waals surface area contributed by atoms with E-state index in [4.69, 9.17) is 14.2 Å². The summed E-state index contributed by atoms with van der Waals surface area (Å²) in [6, 6.07) is 22.7. The number of nitrogens with one attached hydrogen (secondary N) is 1. The average Bonchev–Trinajstić information content (AvgIpc) is 3.36. The summed E-state index contributed by atoms with van der Waals surface area (Å²) >= 11 is 1.26. The lowest BCUT2D eigenvalue weighted by atomic mass is 10.2. The Balaban J connectivity index is 1.54. The summed E-state index contributed by atoms with van der Waals surface area (Å²) in [5, 5.41) is 13.4. The van der Waals surface area contributed by atoms with Gasteiger partial charge in [-0.25, -0.2) is 5.43 Å². The summed E-state index contributed by atoms with van der Waals surface area (Å²) < 4.78 is 18.0. The smallest absolute Gasteiger partial charge is 0.250 e. The molecule has 0 bridgehead atoms. The van der Waals surface area contributed by atoms with E-state index in [1.54, 1.807) is 27.5 Å². The molecule has 0 atom stereocenters. The van der Waals surface area contributed by atoms with E-state index in [0.29, 0.717) is 28.2 Å². The van der Waals surface area contributed by atoms with Gasteiger partial charge in [-0.3, -0.25) is 9.36 Å². The highest BCUT2D eigenvalue weighted by Gasteiger charge is 2.18. The summed E-state index contributed by atoms with van der Waals surface area (Å²) in [4.78, 5) is 12.5. The second-order valence-corrected chi connectivity index (χ2v) is 8.31. The number of amides is 1. The largest absolute Gasteiger partial charge is 0.496 e. The summed E-state index contributed by atoms with van der Waals surface area (Å²) in [5.74, 6) is 2.30. The number of para-hydroxylation sites is 2. The van der Waals surface area contributed by atoms with E-state index in [2.05, 4.69) is 20.7 Å². The van der Waals surface area contributed by atoms with Crippen molar-refractivity contribution < 1.29 is 19.0 Å². The molecule has 0 saturated heterocycles. The number of benzene rings is 3. The molecule has 0 fully saturated rings. The molecule has 1 amide bonds. The second-order valence-electron chi connectivity index (χ2n) is 7.37. The summed E-state index contributed by atoms with van der Waals surface area (Å²) in [6.07, 6.45) is 1.54. The number of ether oxygens (including phenoxy) is 3.